The first-order valence-electron chi connectivity index (χ1n) is 6.11. The molecule has 0 aliphatic carbocycles. The first kappa shape index (κ1) is 12.6. The van der Waals surface area contributed by atoms with Crippen molar-refractivity contribution in [1.29, 1.82) is 5.26 Å². The van der Waals surface area contributed by atoms with Crippen LogP contribution in [-0.4, -0.2) is 19.0 Å². The van der Waals surface area contributed by atoms with E-state index in [1.54, 1.807) is 7.05 Å². The molecule has 1 aromatic rings. The number of rotatable bonds is 3. The number of carbonyl (C=O) groups excluding carboxylic acids is 1. The van der Waals surface area contributed by atoms with E-state index >= 15 is 0 Å². The first-order chi connectivity index (χ1) is 8.63. The highest BCUT2D eigenvalue weighted by Crippen LogP contribution is 2.28. The molecule has 2 atom stereocenters. The highest BCUT2D eigenvalue weighted by Gasteiger charge is 2.28. The number of hydrogen-bond donors (Lipinski definition) is 2. The van der Waals surface area contributed by atoms with Crippen LogP contribution in [0.2, 0.25) is 0 Å². The first-order valence-corrected chi connectivity index (χ1v) is 6.11. The lowest BCUT2D eigenvalue weighted by molar-refractivity contribution is -0.120. The number of hydrogen-bond acceptors (Lipinski definition) is 3. The molecular formula is C14H17N3O. The van der Waals surface area contributed by atoms with Crippen molar-refractivity contribution in [2.45, 2.75) is 25.8 Å². The van der Waals surface area contributed by atoms with Crippen molar-refractivity contribution in [2.24, 2.45) is 5.92 Å². The van der Waals surface area contributed by atoms with Gasteiger partial charge < -0.3 is 10.6 Å². The summed E-state index contributed by atoms with van der Waals surface area (Å²) in [5.74, 6) is -0.113. The molecule has 2 unspecified atom stereocenters. The Bertz CT molecular complexity index is 504. The van der Waals surface area contributed by atoms with Crippen molar-refractivity contribution in [3.05, 3.63) is 29.3 Å². The smallest absolute Gasteiger partial charge is 0.227 e. The van der Waals surface area contributed by atoms with E-state index < -0.39 is 0 Å². The Kier molecular flexibility index (Phi) is 3.63. The Morgan fingerprint density at radius 3 is 3.06 bits per heavy atom. The summed E-state index contributed by atoms with van der Waals surface area (Å²) in [6, 6.07) is 7.93. The van der Waals surface area contributed by atoms with Crippen molar-refractivity contribution < 1.29 is 4.79 Å². The fraction of sp³-hybridized carbons (Fsp3) is 0.429. The molecule has 2 N–H and O–H groups in total. The number of amides is 1. The molecule has 0 saturated carbocycles. The normalized spacial score (nSPS) is 19.6. The average molecular weight is 243 g/mol. The molecule has 0 aromatic heterocycles. The maximum atomic E-state index is 12.0. The second-order valence-corrected chi connectivity index (χ2v) is 4.76. The maximum absolute atomic E-state index is 12.0. The predicted molar refractivity (Wildman–Crippen MR) is 70.1 cm³/mol. The van der Waals surface area contributed by atoms with Crippen LogP contribution in [0.15, 0.2) is 18.2 Å². The lowest BCUT2D eigenvalue weighted by Gasteiger charge is -2.26. The average Bonchev–Trinajstić information content (AvgIpc) is 2.36. The summed E-state index contributed by atoms with van der Waals surface area (Å²) in [5.41, 5.74) is 3.25. The van der Waals surface area contributed by atoms with Crippen LogP contribution in [0.3, 0.4) is 0 Å². The lowest BCUT2D eigenvalue weighted by atomic mass is 9.88. The molecule has 1 heterocycles. The van der Waals surface area contributed by atoms with Gasteiger partial charge in [0, 0.05) is 11.6 Å². The third-order valence-corrected chi connectivity index (χ3v) is 3.38. The second kappa shape index (κ2) is 5.19. The van der Waals surface area contributed by atoms with Gasteiger partial charge in [0.2, 0.25) is 5.91 Å². The number of nitriles is 1. The highest BCUT2D eigenvalue weighted by atomic mass is 16.1. The minimum absolute atomic E-state index is 0.0156. The van der Waals surface area contributed by atoms with Crippen molar-refractivity contribution in [1.82, 2.24) is 5.32 Å². The summed E-state index contributed by atoms with van der Waals surface area (Å²) < 4.78 is 0. The summed E-state index contributed by atoms with van der Waals surface area (Å²) in [6.45, 7) is 2.04. The minimum atomic E-state index is -0.271. The Morgan fingerprint density at radius 2 is 2.39 bits per heavy atom. The lowest BCUT2D eigenvalue weighted by Crippen LogP contribution is -2.35. The van der Waals surface area contributed by atoms with Gasteiger partial charge in [-0.15, -0.1) is 0 Å². The van der Waals surface area contributed by atoms with Gasteiger partial charge in [0.15, 0.2) is 0 Å². The third-order valence-electron chi connectivity index (χ3n) is 3.38. The van der Waals surface area contributed by atoms with E-state index in [1.165, 1.54) is 5.56 Å². The minimum Gasteiger partial charge on any atom is -0.326 e. The van der Waals surface area contributed by atoms with Crippen molar-refractivity contribution >= 4 is 11.6 Å². The monoisotopic (exact) mass is 243 g/mol. The number of benzene rings is 1. The van der Waals surface area contributed by atoms with Crippen molar-refractivity contribution in [2.75, 3.05) is 12.4 Å². The molecule has 4 nitrogen and oxygen atoms in total. The van der Waals surface area contributed by atoms with Gasteiger partial charge in [-0.05, 0) is 38.4 Å². The number of anilines is 1. The Labute approximate surface area is 107 Å². The maximum Gasteiger partial charge on any atom is 0.227 e. The summed E-state index contributed by atoms with van der Waals surface area (Å²) >= 11 is 0. The van der Waals surface area contributed by atoms with E-state index in [1.807, 2.05) is 19.1 Å². The fourth-order valence-electron chi connectivity index (χ4n) is 2.32. The predicted octanol–water partition coefficient (Wildman–Crippen LogP) is 1.61. The number of nitrogens with one attached hydrogen (secondary N) is 2. The van der Waals surface area contributed by atoms with E-state index in [2.05, 4.69) is 22.8 Å². The molecule has 1 aliphatic rings. The van der Waals surface area contributed by atoms with E-state index in [9.17, 15) is 4.79 Å². The summed E-state index contributed by atoms with van der Waals surface area (Å²) in [6.07, 6.45) is 1.26. The summed E-state index contributed by atoms with van der Waals surface area (Å²) in [5, 5.41) is 14.8. The number of fused-ring (bicyclic) bond motifs is 1. The Morgan fingerprint density at radius 1 is 1.61 bits per heavy atom. The standard InChI is InChI=1S/C14H17N3O/c1-9-3-4-13-10(5-9)6-11(14(18)17-13)7-12(8-15)16-2/h3-5,11-12,16H,6-7H2,1-2H3,(H,17,18). The largest absolute Gasteiger partial charge is 0.326 e. The summed E-state index contributed by atoms with van der Waals surface area (Å²) in [4.78, 5) is 12.0. The fourth-order valence-corrected chi connectivity index (χ4v) is 2.32. The van der Waals surface area contributed by atoms with Crippen LogP contribution in [0.5, 0.6) is 0 Å². The van der Waals surface area contributed by atoms with Crippen LogP contribution >= 0.6 is 0 Å². The molecule has 18 heavy (non-hydrogen) atoms. The highest BCUT2D eigenvalue weighted by molar-refractivity contribution is 5.95. The van der Waals surface area contributed by atoms with Gasteiger partial charge in [-0.25, -0.2) is 0 Å². The molecule has 0 fully saturated rings. The molecule has 0 bridgehead atoms. The zero-order valence-corrected chi connectivity index (χ0v) is 10.7. The van der Waals surface area contributed by atoms with Crippen LogP contribution in [-0.2, 0) is 11.2 Å². The SMILES string of the molecule is CNC(C#N)CC1Cc2cc(C)ccc2NC1=O. The molecule has 0 saturated heterocycles. The number of nitrogens with zero attached hydrogens (tertiary/aromatic N) is 1. The molecule has 1 aromatic carbocycles. The zero-order valence-electron chi connectivity index (χ0n) is 10.7. The topological polar surface area (TPSA) is 64.9 Å². The molecule has 2 rings (SSSR count). The van der Waals surface area contributed by atoms with Gasteiger partial charge in [-0.3, -0.25) is 4.79 Å². The van der Waals surface area contributed by atoms with E-state index in [4.69, 9.17) is 5.26 Å². The van der Waals surface area contributed by atoms with Crippen LogP contribution in [0.4, 0.5) is 5.69 Å². The molecule has 4 heteroatoms. The zero-order chi connectivity index (χ0) is 13.1. The second-order valence-electron chi connectivity index (χ2n) is 4.76. The molecule has 0 radical (unpaired) electrons. The summed E-state index contributed by atoms with van der Waals surface area (Å²) in [7, 11) is 1.74. The molecule has 0 spiro atoms. The van der Waals surface area contributed by atoms with Crippen molar-refractivity contribution in [3.63, 3.8) is 0 Å². The van der Waals surface area contributed by atoms with Crippen LogP contribution in [0.25, 0.3) is 0 Å². The van der Waals surface area contributed by atoms with Crippen LogP contribution in [0, 0.1) is 24.2 Å². The number of carbonyl (C=O) groups is 1. The number of aryl methyl sites for hydroxylation is 1. The molecule has 94 valence electrons. The van der Waals surface area contributed by atoms with Crippen molar-refractivity contribution in [3.8, 4) is 6.07 Å². The van der Waals surface area contributed by atoms with Gasteiger partial charge in [0.25, 0.3) is 0 Å². The van der Waals surface area contributed by atoms with E-state index in [0.29, 0.717) is 12.8 Å². The Hall–Kier alpha value is -1.86. The molecule has 1 amide bonds. The quantitative estimate of drug-likeness (QED) is 0.847. The molecule has 1 aliphatic heterocycles. The van der Waals surface area contributed by atoms with Gasteiger partial charge in [0.05, 0.1) is 12.1 Å². The van der Waals surface area contributed by atoms with E-state index in [0.717, 1.165) is 11.3 Å². The van der Waals surface area contributed by atoms with Crippen LogP contribution < -0.4 is 10.6 Å². The van der Waals surface area contributed by atoms with E-state index in [-0.39, 0.29) is 17.9 Å². The van der Waals surface area contributed by atoms with Gasteiger partial charge in [0.1, 0.15) is 0 Å². The van der Waals surface area contributed by atoms with Gasteiger partial charge in [-0.1, -0.05) is 17.7 Å². The molecular weight excluding hydrogens is 226 g/mol. The van der Waals surface area contributed by atoms with Crippen LogP contribution in [0.1, 0.15) is 17.5 Å². The Balaban J connectivity index is 2.17. The van der Waals surface area contributed by atoms with Gasteiger partial charge in [-0.2, -0.15) is 5.26 Å². The van der Waals surface area contributed by atoms with Gasteiger partial charge >= 0.3 is 0 Å². The third kappa shape index (κ3) is 2.52.